The Balaban J connectivity index is 1.60. The van der Waals surface area contributed by atoms with Gasteiger partial charge in [0.15, 0.2) is 0 Å². The van der Waals surface area contributed by atoms with E-state index >= 15 is 0 Å². The van der Waals surface area contributed by atoms with Crippen molar-refractivity contribution in [3.05, 3.63) is 53.4 Å². The van der Waals surface area contributed by atoms with Crippen LogP contribution in [0.2, 0.25) is 5.02 Å². The summed E-state index contributed by atoms with van der Waals surface area (Å²) in [6.45, 7) is 3.41. The lowest BCUT2D eigenvalue weighted by Gasteiger charge is -2.36. The number of furan rings is 1. The minimum atomic E-state index is -0.724. The first-order valence-corrected chi connectivity index (χ1v) is 11.0. The number of nitrogens with zero attached hydrogens (tertiary/aromatic N) is 2. The molecule has 1 atom stereocenters. The Morgan fingerprint density at radius 2 is 1.77 bits per heavy atom. The van der Waals surface area contributed by atoms with E-state index in [0.29, 0.717) is 37.0 Å². The predicted molar refractivity (Wildman–Crippen MR) is 115 cm³/mol. The largest absolute Gasteiger partial charge is 0.469 e. The van der Waals surface area contributed by atoms with Crippen LogP contribution in [0.3, 0.4) is 0 Å². The van der Waals surface area contributed by atoms with E-state index in [0.717, 1.165) is 4.90 Å². The van der Waals surface area contributed by atoms with Gasteiger partial charge >= 0.3 is 0 Å². The molecule has 2 aromatic rings. The second-order valence-electron chi connectivity index (χ2n) is 6.98. The van der Waals surface area contributed by atoms with Gasteiger partial charge in [-0.1, -0.05) is 11.6 Å². The molecule has 1 N–H and O–H groups in total. The molecule has 30 heavy (non-hydrogen) atoms. The molecule has 1 saturated heterocycles. The highest BCUT2D eigenvalue weighted by atomic mass is 35.5. The lowest BCUT2D eigenvalue weighted by molar-refractivity contribution is -0.141. The summed E-state index contributed by atoms with van der Waals surface area (Å²) in [4.78, 5) is 41.5. The molecule has 0 saturated carbocycles. The van der Waals surface area contributed by atoms with Crippen LogP contribution in [-0.4, -0.2) is 65.5 Å². The van der Waals surface area contributed by atoms with Gasteiger partial charge in [-0.05, 0) is 36.4 Å². The van der Waals surface area contributed by atoms with Crippen LogP contribution in [-0.2, 0) is 20.8 Å². The minimum absolute atomic E-state index is 0.00163. The Hall–Kier alpha value is -2.45. The number of thioether (sulfide) groups is 1. The number of rotatable bonds is 7. The second-order valence-corrected chi connectivity index (χ2v) is 8.46. The fourth-order valence-corrected chi connectivity index (χ4v) is 4.04. The highest BCUT2D eigenvalue weighted by Gasteiger charge is 2.30. The first kappa shape index (κ1) is 22.2. The van der Waals surface area contributed by atoms with E-state index in [-0.39, 0.29) is 29.9 Å². The van der Waals surface area contributed by atoms with Gasteiger partial charge in [0.2, 0.25) is 17.7 Å². The van der Waals surface area contributed by atoms with Crippen molar-refractivity contribution in [2.45, 2.75) is 24.3 Å². The Labute approximate surface area is 184 Å². The smallest absolute Gasteiger partial charge is 0.245 e. The minimum Gasteiger partial charge on any atom is -0.469 e. The Morgan fingerprint density at radius 1 is 1.10 bits per heavy atom. The third-order valence-electron chi connectivity index (χ3n) is 4.84. The second kappa shape index (κ2) is 10.5. The monoisotopic (exact) mass is 449 g/mol. The number of hydrogen-bond donors (Lipinski definition) is 1. The van der Waals surface area contributed by atoms with Crippen molar-refractivity contribution >= 4 is 41.1 Å². The van der Waals surface area contributed by atoms with E-state index in [2.05, 4.69) is 5.32 Å². The molecule has 1 aromatic carbocycles. The topological polar surface area (TPSA) is 82.9 Å². The van der Waals surface area contributed by atoms with Gasteiger partial charge in [-0.2, -0.15) is 0 Å². The zero-order valence-electron chi connectivity index (χ0n) is 16.7. The number of piperazine rings is 1. The van der Waals surface area contributed by atoms with Gasteiger partial charge in [0.25, 0.3) is 0 Å². The number of hydrogen-bond acceptors (Lipinski definition) is 5. The molecule has 1 aliphatic heterocycles. The Morgan fingerprint density at radius 3 is 2.37 bits per heavy atom. The van der Waals surface area contributed by atoms with E-state index in [1.54, 1.807) is 40.3 Å². The molecule has 0 spiro atoms. The van der Waals surface area contributed by atoms with Gasteiger partial charge in [-0.3, -0.25) is 14.4 Å². The summed E-state index contributed by atoms with van der Waals surface area (Å²) in [6.07, 6.45) is 1.82. The Bertz CT molecular complexity index is 865. The van der Waals surface area contributed by atoms with Crippen LogP contribution in [0.25, 0.3) is 0 Å². The third kappa shape index (κ3) is 6.27. The number of benzene rings is 1. The van der Waals surface area contributed by atoms with Crippen LogP contribution < -0.4 is 5.32 Å². The van der Waals surface area contributed by atoms with Crippen molar-refractivity contribution in [1.29, 1.82) is 0 Å². The molecule has 2 heterocycles. The first-order valence-electron chi connectivity index (χ1n) is 9.67. The molecular formula is C21H24ClN3O4S. The molecule has 0 bridgehead atoms. The van der Waals surface area contributed by atoms with Crippen LogP contribution >= 0.6 is 23.4 Å². The van der Waals surface area contributed by atoms with E-state index in [4.69, 9.17) is 16.0 Å². The molecule has 7 nitrogen and oxygen atoms in total. The van der Waals surface area contributed by atoms with Gasteiger partial charge < -0.3 is 19.5 Å². The van der Waals surface area contributed by atoms with E-state index in [1.165, 1.54) is 18.7 Å². The summed E-state index contributed by atoms with van der Waals surface area (Å²) in [5, 5.41) is 3.49. The van der Waals surface area contributed by atoms with Gasteiger partial charge in [0.05, 0.1) is 12.0 Å². The number of carbonyl (C=O) groups is 3. The highest BCUT2D eigenvalue weighted by molar-refractivity contribution is 8.00. The Kier molecular flexibility index (Phi) is 7.81. The molecular weight excluding hydrogens is 426 g/mol. The fourth-order valence-electron chi connectivity index (χ4n) is 3.21. The number of nitrogens with one attached hydrogen (secondary N) is 1. The van der Waals surface area contributed by atoms with Crippen molar-refractivity contribution < 1.29 is 18.8 Å². The van der Waals surface area contributed by atoms with Gasteiger partial charge in [0, 0.05) is 49.4 Å². The lowest BCUT2D eigenvalue weighted by atomic mass is 10.1. The maximum atomic E-state index is 13.1. The van der Waals surface area contributed by atoms with Crippen LogP contribution in [0.5, 0.6) is 0 Å². The number of halogens is 1. The quantitative estimate of drug-likeness (QED) is 0.656. The predicted octanol–water partition coefficient (Wildman–Crippen LogP) is 2.44. The van der Waals surface area contributed by atoms with Crippen LogP contribution in [0.15, 0.2) is 52.0 Å². The van der Waals surface area contributed by atoms with Gasteiger partial charge in [0.1, 0.15) is 11.8 Å². The molecule has 1 fully saturated rings. The van der Waals surface area contributed by atoms with Gasteiger partial charge in [-0.25, -0.2) is 0 Å². The zero-order chi connectivity index (χ0) is 21.5. The van der Waals surface area contributed by atoms with Crippen molar-refractivity contribution in [2.75, 3.05) is 31.9 Å². The SMILES string of the molecule is CC(=O)N1CCN(C(=O)C(Cc2ccco2)NC(=O)CSc2ccc(Cl)cc2)CC1. The summed E-state index contributed by atoms with van der Waals surface area (Å²) in [5.41, 5.74) is 0. The van der Waals surface area contributed by atoms with Crippen LogP contribution in [0.1, 0.15) is 12.7 Å². The maximum absolute atomic E-state index is 13.1. The van der Waals surface area contributed by atoms with Crippen LogP contribution in [0, 0.1) is 0 Å². The van der Waals surface area contributed by atoms with E-state index < -0.39 is 6.04 Å². The molecule has 3 rings (SSSR count). The highest BCUT2D eigenvalue weighted by Crippen LogP contribution is 2.20. The van der Waals surface area contributed by atoms with Crippen molar-refractivity contribution in [2.24, 2.45) is 0 Å². The summed E-state index contributed by atoms with van der Waals surface area (Å²) in [5.74, 6) is 0.409. The molecule has 160 valence electrons. The summed E-state index contributed by atoms with van der Waals surface area (Å²) in [6, 6.07) is 10.0. The molecule has 1 aliphatic rings. The molecule has 0 aliphatic carbocycles. The zero-order valence-corrected chi connectivity index (χ0v) is 18.2. The molecule has 1 unspecified atom stereocenters. The fraction of sp³-hybridized carbons (Fsp3) is 0.381. The summed E-state index contributed by atoms with van der Waals surface area (Å²) >= 11 is 7.26. The number of carbonyl (C=O) groups excluding carboxylic acids is 3. The van der Waals surface area contributed by atoms with Crippen molar-refractivity contribution in [3.63, 3.8) is 0 Å². The van der Waals surface area contributed by atoms with Gasteiger partial charge in [-0.15, -0.1) is 11.8 Å². The third-order valence-corrected chi connectivity index (χ3v) is 6.10. The normalized spacial score (nSPS) is 15.0. The molecule has 0 radical (unpaired) electrons. The standard InChI is InChI=1S/C21H24ClN3O4S/c1-15(26)24-8-10-25(11-9-24)21(28)19(13-17-3-2-12-29-17)23-20(27)14-30-18-6-4-16(22)5-7-18/h2-7,12,19H,8-11,13-14H2,1H3,(H,23,27). The number of amides is 3. The molecule has 3 amide bonds. The van der Waals surface area contributed by atoms with E-state index in [1.807, 2.05) is 12.1 Å². The average molecular weight is 450 g/mol. The summed E-state index contributed by atoms with van der Waals surface area (Å²) in [7, 11) is 0. The van der Waals surface area contributed by atoms with Crippen molar-refractivity contribution in [3.8, 4) is 0 Å². The average Bonchev–Trinajstić information content (AvgIpc) is 3.25. The molecule has 9 heteroatoms. The van der Waals surface area contributed by atoms with E-state index in [9.17, 15) is 14.4 Å². The van der Waals surface area contributed by atoms with Crippen LogP contribution in [0.4, 0.5) is 0 Å². The molecule has 1 aromatic heterocycles. The summed E-state index contributed by atoms with van der Waals surface area (Å²) < 4.78 is 5.38. The lowest BCUT2D eigenvalue weighted by Crippen LogP contribution is -2.56. The first-order chi connectivity index (χ1) is 14.4. The maximum Gasteiger partial charge on any atom is 0.245 e. The van der Waals surface area contributed by atoms with Crippen molar-refractivity contribution in [1.82, 2.24) is 15.1 Å².